The largest absolute Gasteiger partial charge is 0.326 e. The number of hydrogen-bond donors (Lipinski definition) is 1. The second-order valence-electron chi connectivity index (χ2n) is 5.00. The van der Waals surface area contributed by atoms with Crippen LogP contribution in [0.1, 0.15) is 28.8 Å². The molecule has 0 bridgehead atoms. The molecule has 2 aromatic rings. The predicted octanol–water partition coefficient (Wildman–Crippen LogP) is 4.90. The standard InChI is InChI=1S/C17H15Cl2NO2/c1-11-2-4-12(5-3-11)16(21)6-7-17(22)20-15-9-13(18)8-14(19)10-15/h2-5,8-10H,6-7H2,1H3,(H,20,22). The number of amides is 1. The van der Waals surface area contributed by atoms with Crippen LogP contribution in [0, 0.1) is 6.92 Å². The first kappa shape index (κ1) is 16.5. The summed E-state index contributed by atoms with van der Waals surface area (Å²) < 4.78 is 0. The Bertz CT molecular complexity index is 676. The van der Waals surface area contributed by atoms with Gasteiger partial charge in [-0.15, -0.1) is 0 Å². The third kappa shape index (κ3) is 4.86. The number of aryl methyl sites for hydroxylation is 1. The number of anilines is 1. The van der Waals surface area contributed by atoms with Gasteiger partial charge < -0.3 is 5.32 Å². The third-order valence-corrected chi connectivity index (χ3v) is 3.54. The first-order chi connectivity index (χ1) is 10.4. The molecular formula is C17H15Cl2NO2. The van der Waals surface area contributed by atoms with Crippen LogP contribution in [0.15, 0.2) is 42.5 Å². The highest BCUT2D eigenvalue weighted by Gasteiger charge is 2.10. The van der Waals surface area contributed by atoms with Crippen molar-refractivity contribution < 1.29 is 9.59 Å². The molecule has 0 saturated heterocycles. The summed E-state index contributed by atoms with van der Waals surface area (Å²) in [6.07, 6.45) is 0.264. The number of hydrogen-bond acceptors (Lipinski definition) is 2. The predicted molar refractivity (Wildman–Crippen MR) is 89.8 cm³/mol. The van der Waals surface area contributed by atoms with Gasteiger partial charge in [-0.3, -0.25) is 9.59 Å². The van der Waals surface area contributed by atoms with Crippen LogP contribution >= 0.6 is 23.2 Å². The summed E-state index contributed by atoms with van der Waals surface area (Å²) in [5.74, 6) is -0.307. The van der Waals surface area contributed by atoms with Crippen molar-refractivity contribution in [3.63, 3.8) is 0 Å². The molecule has 0 spiro atoms. The quantitative estimate of drug-likeness (QED) is 0.789. The summed E-state index contributed by atoms with van der Waals surface area (Å²) in [5.41, 5.74) is 2.22. The van der Waals surface area contributed by atoms with Crippen molar-refractivity contribution in [2.45, 2.75) is 19.8 Å². The molecule has 0 aliphatic rings. The number of Topliss-reactive ketones (excluding diaryl/α,β-unsaturated/α-hetero) is 1. The van der Waals surface area contributed by atoms with E-state index in [-0.39, 0.29) is 24.5 Å². The molecule has 3 nitrogen and oxygen atoms in total. The number of halogens is 2. The molecule has 0 unspecified atom stereocenters. The fraction of sp³-hybridized carbons (Fsp3) is 0.176. The molecule has 0 radical (unpaired) electrons. The minimum Gasteiger partial charge on any atom is -0.326 e. The van der Waals surface area contributed by atoms with Gasteiger partial charge in [0.2, 0.25) is 5.91 Å². The molecule has 0 aliphatic heterocycles. The van der Waals surface area contributed by atoms with E-state index in [1.807, 2.05) is 19.1 Å². The maximum Gasteiger partial charge on any atom is 0.224 e. The van der Waals surface area contributed by atoms with Gasteiger partial charge in [0.05, 0.1) is 0 Å². The SMILES string of the molecule is Cc1ccc(C(=O)CCC(=O)Nc2cc(Cl)cc(Cl)c2)cc1. The highest BCUT2D eigenvalue weighted by Crippen LogP contribution is 2.22. The maximum absolute atomic E-state index is 12.0. The van der Waals surface area contributed by atoms with Crippen LogP contribution in [0.5, 0.6) is 0 Å². The van der Waals surface area contributed by atoms with E-state index >= 15 is 0 Å². The Kier molecular flexibility index (Phi) is 5.58. The zero-order chi connectivity index (χ0) is 16.1. The van der Waals surface area contributed by atoms with Gasteiger partial charge in [0.25, 0.3) is 0 Å². The van der Waals surface area contributed by atoms with E-state index in [2.05, 4.69) is 5.32 Å². The Hall–Kier alpha value is -1.84. The number of ketones is 1. The van der Waals surface area contributed by atoms with Crippen LogP contribution in [0.25, 0.3) is 0 Å². The second-order valence-corrected chi connectivity index (χ2v) is 5.87. The van der Waals surface area contributed by atoms with Crippen LogP contribution < -0.4 is 5.32 Å². The Labute approximate surface area is 139 Å². The lowest BCUT2D eigenvalue weighted by atomic mass is 10.0. The smallest absolute Gasteiger partial charge is 0.224 e. The van der Waals surface area contributed by atoms with Crippen LogP contribution in [0.2, 0.25) is 10.0 Å². The van der Waals surface area contributed by atoms with Crippen LogP contribution in [0.3, 0.4) is 0 Å². The Morgan fingerprint density at radius 2 is 1.55 bits per heavy atom. The third-order valence-electron chi connectivity index (χ3n) is 3.10. The van der Waals surface area contributed by atoms with E-state index < -0.39 is 0 Å². The van der Waals surface area contributed by atoms with Crippen molar-refractivity contribution in [2.24, 2.45) is 0 Å². The van der Waals surface area contributed by atoms with Gasteiger partial charge >= 0.3 is 0 Å². The molecule has 0 atom stereocenters. The summed E-state index contributed by atoms with van der Waals surface area (Å²) in [6, 6.07) is 12.1. The monoisotopic (exact) mass is 335 g/mol. The second kappa shape index (κ2) is 7.43. The molecule has 0 aliphatic carbocycles. The number of benzene rings is 2. The molecule has 114 valence electrons. The molecule has 0 heterocycles. The lowest BCUT2D eigenvalue weighted by molar-refractivity contribution is -0.116. The summed E-state index contributed by atoms with van der Waals surface area (Å²) in [5, 5.41) is 3.57. The fourth-order valence-electron chi connectivity index (χ4n) is 1.96. The summed E-state index contributed by atoms with van der Waals surface area (Å²) in [7, 11) is 0. The molecule has 2 rings (SSSR count). The lowest BCUT2D eigenvalue weighted by Crippen LogP contribution is -2.13. The highest BCUT2D eigenvalue weighted by molar-refractivity contribution is 6.35. The van der Waals surface area contributed by atoms with Gasteiger partial charge in [0.15, 0.2) is 5.78 Å². The van der Waals surface area contributed by atoms with Gasteiger partial charge in [-0.25, -0.2) is 0 Å². The summed E-state index contributed by atoms with van der Waals surface area (Å²) >= 11 is 11.7. The molecule has 1 N–H and O–H groups in total. The molecule has 1 amide bonds. The van der Waals surface area contributed by atoms with Gasteiger partial charge in [-0.2, -0.15) is 0 Å². The first-order valence-corrected chi connectivity index (χ1v) is 7.55. The zero-order valence-corrected chi connectivity index (χ0v) is 13.5. The number of nitrogens with one attached hydrogen (secondary N) is 1. The Morgan fingerprint density at radius 1 is 0.955 bits per heavy atom. The molecule has 2 aromatic carbocycles. The zero-order valence-electron chi connectivity index (χ0n) is 12.0. The molecule has 22 heavy (non-hydrogen) atoms. The fourth-order valence-corrected chi connectivity index (χ4v) is 2.49. The molecule has 0 aromatic heterocycles. The first-order valence-electron chi connectivity index (χ1n) is 6.80. The number of carbonyl (C=O) groups is 2. The van der Waals surface area contributed by atoms with E-state index in [0.29, 0.717) is 21.3 Å². The minimum atomic E-state index is -0.251. The van der Waals surface area contributed by atoms with Crippen LogP contribution in [-0.4, -0.2) is 11.7 Å². The lowest BCUT2D eigenvalue weighted by Gasteiger charge is -2.06. The van der Waals surface area contributed by atoms with Gasteiger partial charge in [-0.05, 0) is 25.1 Å². The van der Waals surface area contributed by atoms with Crippen LogP contribution in [0.4, 0.5) is 5.69 Å². The molecule has 5 heteroatoms. The van der Waals surface area contributed by atoms with Crippen molar-refractivity contribution >= 4 is 40.6 Å². The van der Waals surface area contributed by atoms with Crippen LogP contribution in [-0.2, 0) is 4.79 Å². The van der Waals surface area contributed by atoms with E-state index in [9.17, 15) is 9.59 Å². The number of rotatable bonds is 5. The molecule has 0 saturated carbocycles. The van der Waals surface area contributed by atoms with E-state index in [0.717, 1.165) is 5.56 Å². The normalized spacial score (nSPS) is 10.3. The maximum atomic E-state index is 12.0. The summed E-state index contributed by atoms with van der Waals surface area (Å²) in [4.78, 5) is 23.9. The Balaban J connectivity index is 1.89. The van der Waals surface area contributed by atoms with Crippen molar-refractivity contribution in [1.82, 2.24) is 0 Å². The highest BCUT2D eigenvalue weighted by atomic mass is 35.5. The summed E-state index contributed by atoms with van der Waals surface area (Å²) in [6.45, 7) is 1.96. The topological polar surface area (TPSA) is 46.2 Å². The van der Waals surface area contributed by atoms with Crippen molar-refractivity contribution in [3.8, 4) is 0 Å². The van der Waals surface area contributed by atoms with E-state index in [1.165, 1.54) is 0 Å². The van der Waals surface area contributed by atoms with Gasteiger partial charge in [0.1, 0.15) is 0 Å². The van der Waals surface area contributed by atoms with Gasteiger partial charge in [-0.1, -0.05) is 53.0 Å². The van der Waals surface area contributed by atoms with Crippen molar-refractivity contribution in [2.75, 3.05) is 5.32 Å². The average Bonchev–Trinajstić information content (AvgIpc) is 2.44. The number of carbonyl (C=O) groups excluding carboxylic acids is 2. The van der Waals surface area contributed by atoms with Crippen molar-refractivity contribution in [3.05, 3.63) is 63.6 Å². The minimum absolute atomic E-state index is 0.0562. The average molecular weight is 336 g/mol. The molecule has 0 fully saturated rings. The van der Waals surface area contributed by atoms with Gasteiger partial charge in [0, 0.05) is 34.1 Å². The Morgan fingerprint density at radius 3 is 2.14 bits per heavy atom. The van der Waals surface area contributed by atoms with E-state index in [1.54, 1.807) is 30.3 Å². The van der Waals surface area contributed by atoms with E-state index in [4.69, 9.17) is 23.2 Å². The molecular weight excluding hydrogens is 321 g/mol. The van der Waals surface area contributed by atoms with Crippen molar-refractivity contribution in [1.29, 1.82) is 0 Å².